The van der Waals surface area contributed by atoms with Crippen LogP contribution in [0.1, 0.15) is 17.2 Å². The molecule has 0 spiro atoms. The van der Waals surface area contributed by atoms with Crippen LogP contribution >= 0.6 is 0 Å². The SMILES string of the molecule is Nc1ccccc1C(O)COc1ccc(CCO)cc1. The zero-order valence-electron chi connectivity index (χ0n) is 11.2. The quantitative estimate of drug-likeness (QED) is 0.703. The molecule has 1 atom stereocenters. The third kappa shape index (κ3) is 3.73. The number of benzene rings is 2. The first-order valence-corrected chi connectivity index (χ1v) is 6.56. The van der Waals surface area contributed by atoms with Gasteiger partial charge in [0.25, 0.3) is 0 Å². The van der Waals surface area contributed by atoms with Crippen LogP contribution in [0, 0.1) is 0 Å². The highest BCUT2D eigenvalue weighted by molar-refractivity contribution is 5.47. The summed E-state index contributed by atoms with van der Waals surface area (Å²) in [5.74, 6) is 0.681. The number of hydrogen-bond donors (Lipinski definition) is 3. The number of nitrogen functional groups attached to an aromatic ring is 1. The minimum absolute atomic E-state index is 0.131. The Labute approximate surface area is 118 Å². The lowest BCUT2D eigenvalue weighted by atomic mass is 10.1. The van der Waals surface area contributed by atoms with Gasteiger partial charge in [0.2, 0.25) is 0 Å². The van der Waals surface area contributed by atoms with Crippen molar-refractivity contribution in [2.75, 3.05) is 18.9 Å². The van der Waals surface area contributed by atoms with Crippen molar-refractivity contribution in [2.24, 2.45) is 0 Å². The molecule has 2 rings (SSSR count). The second kappa shape index (κ2) is 6.93. The molecule has 0 aliphatic heterocycles. The fourth-order valence-corrected chi connectivity index (χ4v) is 1.96. The maximum Gasteiger partial charge on any atom is 0.119 e. The van der Waals surface area contributed by atoms with Crippen LogP contribution in [0.3, 0.4) is 0 Å². The number of nitrogens with two attached hydrogens (primary N) is 1. The number of hydrogen-bond acceptors (Lipinski definition) is 4. The van der Waals surface area contributed by atoms with Gasteiger partial charge in [-0.3, -0.25) is 0 Å². The molecule has 4 N–H and O–H groups in total. The molecule has 4 nitrogen and oxygen atoms in total. The van der Waals surface area contributed by atoms with E-state index in [1.807, 2.05) is 36.4 Å². The number of aliphatic hydroxyl groups is 2. The summed E-state index contributed by atoms with van der Waals surface area (Å²) in [5, 5.41) is 18.9. The molecule has 0 radical (unpaired) electrons. The summed E-state index contributed by atoms with van der Waals surface area (Å²) in [6.45, 7) is 0.278. The van der Waals surface area contributed by atoms with Gasteiger partial charge >= 0.3 is 0 Å². The zero-order valence-corrected chi connectivity index (χ0v) is 11.2. The first kappa shape index (κ1) is 14.4. The van der Waals surface area contributed by atoms with E-state index >= 15 is 0 Å². The molecule has 0 heterocycles. The average Bonchev–Trinajstić information content (AvgIpc) is 2.47. The van der Waals surface area contributed by atoms with E-state index < -0.39 is 6.10 Å². The van der Waals surface area contributed by atoms with Crippen molar-refractivity contribution in [1.82, 2.24) is 0 Å². The van der Waals surface area contributed by atoms with Crippen molar-refractivity contribution < 1.29 is 14.9 Å². The third-order valence-corrected chi connectivity index (χ3v) is 3.09. The number of anilines is 1. The fraction of sp³-hybridized carbons (Fsp3) is 0.250. The minimum atomic E-state index is -0.756. The highest BCUT2D eigenvalue weighted by atomic mass is 16.5. The Morgan fingerprint density at radius 1 is 1.05 bits per heavy atom. The Morgan fingerprint density at radius 3 is 2.40 bits per heavy atom. The predicted molar refractivity (Wildman–Crippen MR) is 78.5 cm³/mol. The van der Waals surface area contributed by atoms with Gasteiger partial charge < -0.3 is 20.7 Å². The molecule has 4 heteroatoms. The van der Waals surface area contributed by atoms with Crippen molar-refractivity contribution in [3.8, 4) is 5.75 Å². The normalized spacial score (nSPS) is 12.1. The molecule has 1 unspecified atom stereocenters. The van der Waals surface area contributed by atoms with E-state index in [4.69, 9.17) is 15.6 Å². The molecule has 0 amide bonds. The fourth-order valence-electron chi connectivity index (χ4n) is 1.96. The van der Waals surface area contributed by atoms with E-state index in [1.54, 1.807) is 12.1 Å². The first-order valence-electron chi connectivity index (χ1n) is 6.56. The van der Waals surface area contributed by atoms with E-state index in [1.165, 1.54) is 0 Å². The lowest BCUT2D eigenvalue weighted by Crippen LogP contribution is -2.11. The molecular formula is C16H19NO3. The molecule has 0 aliphatic rings. The molecule has 0 aliphatic carbocycles. The van der Waals surface area contributed by atoms with E-state index in [0.29, 0.717) is 23.4 Å². The van der Waals surface area contributed by atoms with Crippen LogP contribution in [0.25, 0.3) is 0 Å². The summed E-state index contributed by atoms with van der Waals surface area (Å²) < 4.78 is 5.54. The predicted octanol–water partition coefficient (Wildman–Crippen LogP) is 1.92. The molecule has 0 fully saturated rings. The molecule has 20 heavy (non-hydrogen) atoms. The summed E-state index contributed by atoms with van der Waals surface area (Å²) in [5.41, 5.74) is 8.08. The van der Waals surface area contributed by atoms with Crippen molar-refractivity contribution in [1.29, 1.82) is 0 Å². The van der Waals surface area contributed by atoms with Crippen LogP contribution in [0.2, 0.25) is 0 Å². The Hall–Kier alpha value is -2.04. The van der Waals surface area contributed by atoms with Gasteiger partial charge in [0, 0.05) is 17.9 Å². The lowest BCUT2D eigenvalue weighted by molar-refractivity contribution is 0.109. The second-order valence-corrected chi connectivity index (χ2v) is 4.57. The highest BCUT2D eigenvalue weighted by Crippen LogP contribution is 2.21. The summed E-state index contributed by atoms with van der Waals surface area (Å²) in [4.78, 5) is 0. The van der Waals surface area contributed by atoms with Crippen molar-refractivity contribution >= 4 is 5.69 Å². The monoisotopic (exact) mass is 273 g/mol. The van der Waals surface area contributed by atoms with Gasteiger partial charge in [-0.2, -0.15) is 0 Å². The minimum Gasteiger partial charge on any atom is -0.491 e. The molecule has 0 saturated carbocycles. The number of rotatable bonds is 6. The van der Waals surface area contributed by atoms with Gasteiger partial charge in [-0.05, 0) is 30.2 Å². The average molecular weight is 273 g/mol. The first-order chi connectivity index (χ1) is 9.70. The molecule has 0 aromatic heterocycles. The van der Waals surface area contributed by atoms with Crippen LogP contribution in [0.5, 0.6) is 5.75 Å². The molecule has 106 valence electrons. The Bertz CT molecular complexity index is 540. The summed E-state index contributed by atoms with van der Waals surface area (Å²) in [6, 6.07) is 14.6. The van der Waals surface area contributed by atoms with Crippen molar-refractivity contribution in [3.05, 3.63) is 59.7 Å². The Balaban J connectivity index is 1.93. The van der Waals surface area contributed by atoms with E-state index in [9.17, 15) is 5.11 Å². The standard InChI is InChI=1S/C16H19NO3/c17-15-4-2-1-3-14(15)16(19)11-20-13-7-5-12(6-8-13)9-10-18/h1-8,16,18-19H,9-11,17H2. The maximum absolute atomic E-state index is 10.1. The van der Waals surface area contributed by atoms with Gasteiger partial charge in [0.1, 0.15) is 18.5 Å². The van der Waals surface area contributed by atoms with Gasteiger partial charge in [0.15, 0.2) is 0 Å². The molecular weight excluding hydrogens is 254 g/mol. The van der Waals surface area contributed by atoms with E-state index in [0.717, 1.165) is 5.56 Å². The van der Waals surface area contributed by atoms with Gasteiger partial charge in [-0.15, -0.1) is 0 Å². The lowest BCUT2D eigenvalue weighted by Gasteiger charge is -2.14. The van der Waals surface area contributed by atoms with Crippen LogP contribution in [0.4, 0.5) is 5.69 Å². The molecule has 0 bridgehead atoms. The largest absolute Gasteiger partial charge is 0.491 e. The molecule has 0 saturated heterocycles. The highest BCUT2D eigenvalue weighted by Gasteiger charge is 2.11. The zero-order chi connectivity index (χ0) is 14.4. The van der Waals surface area contributed by atoms with Crippen molar-refractivity contribution in [3.63, 3.8) is 0 Å². The van der Waals surface area contributed by atoms with E-state index in [-0.39, 0.29) is 13.2 Å². The summed E-state index contributed by atoms with van der Waals surface area (Å²) in [7, 11) is 0. The second-order valence-electron chi connectivity index (χ2n) is 4.57. The third-order valence-electron chi connectivity index (χ3n) is 3.09. The van der Waals surface area contributed by atoms with Crippen LogP contribution < -0.4 is 10.5 Å². The summed E-state index contributed by atoms with van der Waals surface area (Å²) >= 11 is 0. The topological polar surface area (TPSA) is 75.7 Å². The number of aliphatic hydroxyl groups excluding tert-OH is 2. The Morgan fingerprint density at radius 2 is 1.75 bits per heavy atom. The number of ether oxygens (including phenoxy) is 1. The van der Waals surface area contributed by atoms with Gasteiger partial charge in [0.05, 0.1) is 0 Å². The number of para-hydroxylation sites is 1. The Kier molecular flexibility index (Phi) is 4.98. The smallest absolute Gasteiger partial charge is 0.119 e. The summed E-state index contributed by atoms with van der Waals surface area (Å²) in [6.07, 6.45) is -0.128. The van der Waals surface area contributed by atoms with Gasteiger partial charge in [-0.25, -0.2) is 0 Å². The maximum atomic E-state index is 10.1. The van der Waals surface area contributed by atoms with E-state index in [2.05, 4.69) is 0 Å². The van der Waals surface area contributed by atoms with Crippen molar-refractivity contribution in [2.45, 2.75) is 12.5 Å². The van der Waals surface area contributed by atoms with Gasteiger partial charge in [-0.1, -0.05) is 30.3 Å². The van der Waals surface area contributed by atoms with Crippen LogP contribution in [-0.4, -0.2) is 23.4 Å². The van der Waals surface area contributed by atoms with Crippen LogP contribution in [0.15, 0.2) is 48.5 Å². The molecule has 2 aromatic carbocycles. The van der Waals surface area contributed by atoms with Crippen LogP contribution in [-0.2, 0) is 6.42 Å². The molecule has 2 aromatic rings.